The van der Waals surface area contributed by atoms with E-state index < -0.39 is 48.0 Å². The molecule has 1 saturated heterocycles. The fourth-order valence-corrected chi connectivity index (χ4v) is 5.91. The second kappa shape index (κ2) is 17.5. The quantitative estimate of drug-likeness (QED) is 0.225. The van der Waals surface area contributed by atoms with Crippen molar-refractivity contribution in [3.05, 3.63) is 53.6 Å². The average molecular weight is 642 g/mol. The Morgan fingerprint density at radius 1 is 0.935 bits per heavy atom. The van der Waals surface area contributed by atoms with Crippen molar-refractivity contribution in [2.24, 2.45) is 0 Å². The lowest BCUT2D eigenvalue weighted by atomic mass is 9.81. The molecule has 4 rings (SSSR count). The Kier molecular flexibility index (Phi) is 13.9. The minimum absolute atomic E-state index is 0.218. The first-order valence-corrected chi connectivity index (χ1v) is 16.1. The van der Waals surface area contributed by atoms with E-state index in [4.69, 9.17) is 24.1 Å². The number of esters is 1. The number of aryl methyl sites for hydroxylation is 1. The van der Waals surface area contributed by atoms with Gasteiger partial charge >= 0.3 is 11.9 Å². The summed E-state index contributed by atoms with van der Waals surface area (Å²) < 4.78 is 22.2. The number of methoxy groups -OCH3 is 2. The molecule has 0 spiro atoms. The number of ether oxygens (including phenoxy) is 4. The minimum atomic E-state index is -1.69. The van der Waals surface area contributed by atoms with Gasteiger partial charge in [-0.15, -0.1) is 0 Å². The predicted molar refractivity (Wildman–Crippen MR) is 170 cm³/mol. The standard InChI is InChI=1S/C33H41NO10.C2H6/c1-41-27-15-13-22(19-28(27)42-2)12-14-26(23-9-8-10-24(20-23)43-21-29(35)36)44-32(39)25-11-4-7-18-34(25)31(38)30(37)33(40)16-5-3-6-17-33;1-2/h8-10,13,15,19-20,25-26,40H,3-7,11-12,14,16-18,21H2,1-2H3,(H,35,36);1-2H3/t25?,26-;/m1./s1. The first-order chi connectivity index (χ1) is 22.1. The number of carbonyl (C=O) groups excluding carboxylic acids is 3. The van der Waals surface area contributed by atoms with Crippen molar-refractivity contribution in [1.29, 1.82) is 0 Å². The molecular formula is C35H47NO10. The summed E-state index contributed by atoms with van der Waals surface area (Å²) in [5.41, 5.74) is -0.203. The van der Waals surface area contributed by atoms with Crippen LogP contribution in [-0.2, 0) is 30.3 Å². The highest BCUT2D eigenvalue weighted by Crippen LogP contribution is 2.33. The van der Waals surface area contributed by atoms with E-state index in [1.807, 2.05) is 26.0 Å². The summed E-state index contributed by atoms with van der Waals surface area (Å²) in [5, 5.41) is 20.0. The molecule has 1 amide bonds. The Morgan fingerprint density at radius 2 is 1.65 bits per heavy atom. The summed E-state index contributed by atoms with van der Waals surface area (Å²) in [6.45, 7) is 3.69. The largest absolute Gasteiger partial charge is 0.493 e. The molecule has 46 heavy (non-hydrogen) atoms. The second-order valence-electron chi connectivity index (χ2n) is 11.3. The number of aliphatic hydroxyl groups is 1. The first kappa shape index (κ1) is 36.3. The van der Waals surface area contributed by atoms with E-state index in [-0.39, 0.29) is 19.4 Å². The van der Waals surface area contributed by atoms with E-state index in [1.165, 1.54) is 4.90 Å². The molecule has 11 heteroatoms. The Labute approximate surface area is 270 Å². The smallest absolute Gasteiger partial charge is 0.341 e. The number of carboxylic acids is 1. The lowest BCUT2D eigenvalue weighted by Gasteiger charge is -2.37. The SMILES string of the molecule is CC.COc1ccc(CC[C@@H](OC(=O)C2CCCCN2C(=O)C(=O)C2(O)CCCCC2)c2cccc(OCC(=O)O)c2)cc1OC. The maximum absolute atomic E-state index is 13.7. The van der Waals surface area contributed by atoms with Gasteiger partial charge in [-0.05, 0) is 80.3 Å². The minimum Gasteiger partial charge on any atom is -0.493 e. The molecule has 2 N–H and O–H groups in total. The van der Waals surface area contributed by atoms with E-state index in [0.29, 0.717) is 67.8 Å². The van der Waals surface area contributed by atoms with E-state index >= 15 is 0 Å². The number of carbonyl (C=O) groups is 4. The monoisotopic (exact) mass is 641 g/mol. The van der Waals surface area contributed by atoms with E-state index in [1.54, 1.807) is 44.6 Å². The highest BCUT2D eigenvalue weighted by molar-refractivity contribution is 6.39. The number of carboxylic acid groups (broad SMARTS) is 1. The summed E-state index contributed by atoms with van der Waals surface area (Å²) >= 11 is 0. The number of benzene rings is 2. The zero-order valence-corrected chi connectivity index (χ0v) is 27.3. The number of hydrogen-bond acceptors (Lipinski definition) is 9. The molecule has 1 unspecified atom stereocenters. The summed E-state index contributed by atoms with van der Waals surface area (Å²) in [4.78, 5) is 52.6. The fourth-order valence-electron chi connectivity index (χ4n) is 5.91. The molecule has 0 radical (unpaired) electrons. The molecule has 2 fully saturated rings. The average Bonchev–Trinajstić information content (AvgIpc) is 3.09. The first-order valence-electron chi connectivity index (χ1n) is 16.1. The second-order valence-corrected chi connectivity index (χ2v) is 11.3. The van der Waals surface area contributed by atoms with Crippen LogP contribution in [0.1, 0.15) is 88.9 Å². The van der Waals surface area contributed by atoms with E-state index in [2.05, 4.69) is 0 Å². The molecule has 0 aromatic heterocycles. The molecule has 1 heterocycles. The van der Waals surface area contributed by atoms with Gasteiger partial charge in [-0.1, -0.05) is 51.3 Å². The van der Waals surface area contributed by atoms with Gasteiger partial charge in [0.25, 0.3) is 11.7 Å². The van der Waals surface area contributed by atoms with Gasteiger partial charge in [0.15, 0.2) is 18.1 Å². The van der Waals surface area contributed by atoms with Crippen LogP contribution in [0.15, 0.2) is 42.5 Å². The number of ketones is 1. The molecular weight excluding hydrogens is 594 g/mol. The number of amides is 1. The van der Waals surface area contributed by atoms with Crippen molar-refractivity contribution in [3.63, 3.8) is 0 Å². The van der Waals surface area contributed by atoms with Gasteiger partial charge in [-0.2, -0.15) is 0 Å². The van der Waals surface area contributed by atoms with Gasteiger partial charge in [-0.25, -0.2) is 9.59 Å². The van der Waals surface area contributed by atoms with Crippen LogP contribution >= 0.6 is 0 Å². The van der Waals surface area contributed by atoms with Gasteiger partial charge in [0.05, 0.1) is 14.2 Å². The van der Waals surface area contributed by atoms with Crippen LogP contribution in [0.3, 0.4) is 0 Å². The van der Waals surface area contributed by atoms with Crippen molar-refractivity contribution in [2.75, 3.05) is 27.4 Å². The van der Waals surface area contributed by atoms with E-state index in [0.717, 1.165) is 12.0 Å². The van der Waals surface area contributed by atoms with Crippen molar-refractivity contribution in [3.8, 4) is 17.2 Å². The third kappa shape index (κ3) is 9.45. The highest BCUT2D eigenvalue weighted by Gasteiger charge is 2.45. The zero-order valence-electron chi connectivity index (χ0n) is 27.3. The lowest BCUT2D eigenvalue weighted by Crippen LogP contribution is -2.56. The summed E-state index contributed by atoms with van der Waals surface area (Å²) in [7, 11) is 3.10. The number of hydrogen-bond donors (Lipinski definition) is 2. The Balaban J connectivity index is 0.00000282. The molecule has 1 aliphatic carbocycles. The summed E-state index contributed by atoms with van der Waals surface area (Å²) in [6, 6.07) is 11.2. The zero-order chi connectivity index (χ0) is 33.7. The topological polar surface area (TPSA) is 149 Å². The molecule has 2 atom stereocenters. The third-order valence-corrected chi connectivity index (χ3v) is 8.33. The van der Waals surface area contributed by atoms with Gasteiger partial charge < -0.3 is 34.1 Å². The highest BCUT2D eigenvalue weighted by atomic mass is 16.5. The number of nitrogens with zero attached hydrogens (tertiary/aromatic N) is 1. The maximum Gasteiger partial charge on any atom is 0.341 e. The Bertz CT molecular complexity index is 1340. The maximum atomic E-state index is 13.7. The number of rotatable bonds is 13. The predicted octanol–water partition coefficient (Wildman–Crippen LogP) is 5.06. The summed E-state index contributed by atoms with van der Waals surface area (Å²) in [5.74, 6) is -2.03. The van der Waals surface area contributed by atoms with E-state index in [9.17, 15) is 24.3 Å². The molecule has 11 nitrogen and oxygen atoms in total. The van der Waals surface area contributed by atoms with Crippen LogP contribution in [0.2, 0.25) is 0 Å². The van der Waals surface area contributed by atoms with Crippen LogP contribution in [0.4, 0.5) is 0 Å². The lowest BCUT2D eigenvalue weighted by molar-refractivity contribution is -0.167. The van der Waals surface area contributed by atoms with Gasteiger partial charge in [0, 0.05) is 6.54 Å². The number of Topliss-reactive ketones (excluding diaryl/α,β-unsaturated/α-hetero) is 1. The molecule has 2 aliphatic rings. The van der Waals surface area contributed by atoms with Crippen molar-refractivity contribution >= 4 is 23.6 Å². The molecule has 0 bridgehead atoms. The Hall–Kier alpha value is -4.12. The number of piperidine rings is 1. The van der Waals surface area contributed by atoms with Crippen molar-refractivity contribution in [2.45, 2.75) is 95.8 Å². The van der Waals surface area contributed by atoms with Crippen LogP contribution in [0.5, 0.6) is 17.2 Å². The van der Waals surface area contributed by atoms with Crippen molar-refractivity contribution in [1.82, 2.24) is 4.90 Å². The molecule has 1 aliphatic heterocycles. The molecule has 2 aromatic carbocycles. The molecule has 2 aromatic rings. The summed E-state index contributed by atoms with van der Waals surface area (Å²) in [6.07, 6.45) is 4.40. The number of aliphatic carboxylic acids is 1. The number of likely N-dealkylation sites (tertiary alicyclic amines) is 1. The van der Waals surface area contributed by atoms with Gasteiger partial charge in [0.2, 0.25) is 0 Å². The van der Waals surface area contributed by atoms with Crippen molar-refractivity contribution < 1.29 is 48.3 Å². The van der Waals surface area contributed by atoms with Crippen LogP contribution in [0.25, 0.3) is 0 Å². The molecule has 252 valence electrons. The molecule has 1 saturated carbocycles. The van der Waals surface area contributed by atoms with Gasteiger partial charge in [0.1, 0.15) is 23.5 Å². The van der Waals surface area contributed by atoms with Crippen LogP contribution < -0.4 is 14.2 Å². The van der Waals surface area contributed by atoms with Crippen LogP contribution in [-0.4, -0.2) is 77.8 Å². The normalized spacial score (nSPS) is 17.8. The van der Waals surface area contributed by atoms with Gasteiger partial charge in [-0.3, -0.25) is 9.59 Å². The fraction of sp³-hybridized carbons (Fsp3) is 0.543. The Morgan fingerprint density at radius 3 is 2.33 bits per heavy atom. The third-order valence-electron chi connectivity index (χ3n) is 8.33. The van der Waals surface area contributed by atoms with Crippen LogP contribution in [0, 0.1) is 0 Å².